The van der Waals surface area contributed by atoms with Crippen LogP contribution in [0.3, 0.4) is 0 Å². The van der Waals surface area contributed by atoms with Crippen molar-refractivity contribution < 1.29 is 0 Å². The predicted molar refractivity (Wildman–Crippen MR) is 69.3 cm³/mol. The maximum atomic E-state index is 3.55. The van der Waals surface area contributed by atoms with Crippen LogP contribution >= 0.6 is 27.3 Å². The summed E-state index contributed by atoms with van der Waals surface area (Å²) in [7, 11) is 0. The zero-order chi connectivity index (χ0) is 10.7. The van der Waals surface area contributed by atoms with Crippen LogP contribution in [0.1, 0.15) is 18.2 Å². The number of rotatable bonds is 4. The van der Waals surface area contributed by atoms with E-state index in [1.165, 1.54) is 22.3 Å². The molecule has 1 aliphatic heterocycles. The first-order valence-electron chi connectivity index (χ1n) is 5.43. The molecule has 2 N–H and O–H groups in total. The van der Waals surface area contributed by atoms with Gasteiger partial charge in [-0.2, -0.15) is 0 Å². The van der Waals surface area contributed by atoms with Crippen molar-refractivity contribution in [1.29, 1.82) is 0 Å². The number of hydrogen-bond donors (Lipinski definition) is 2. The molecule has 84 valence electrons. The molecule has 2 atom stereocenters. The Morgan fingerprint density at radius 3 is 3.13 bits per heavy atom. The van der Waals surface area contributed by atoms with Crippen molar-refractivity contribution >= 4 is 27.3 Å². The molecule has 0 radical (unpaired) electrons. The van der Waals surface area contributed by atoms with Crippen LogP contribution in [0.2, 0.25) is 0 Å². The summed E-state index contributed by atoms with van der Waals surface area (Å²) in [4.78, 5) is 1.39. The molecule has 1 aromatic heterocycles. The molecule has 0 spiro atoms. The van der Waals surface area contributed by atoms with Crippen LogP contribution in [0.4, 0.5) is 0 Å². The highest BCUT2D eigenvalue weighted by molar-refractivity contribution is 9.10. The molecule has 1 fully saturated rings. The van der Waals surface area contributed by atoms with Crippen molar-refractivity contribution in [2.75, 3.05) is 13.1 Å². The summed E-state index contributed by atoms with van der Waals surface area (Å²) < 4.78 is 1.23. The highest BCUT2D eigenvalue weighted by atomic mass is 79.9. The zero-order valence-corrected chi connectivity index (χ0v) is 11.3. The monoisotopic (exact) mass is 288 g/mol. The minimum Gasteiger partial charge on any atom is -0.312 e. The van der Waals surface area contributed by atoms with E-state index in [1.807, 2.05) is 0 Å². The lowest BCUT2D eigenvalue weighted by molar-refractivity contribution is 0.449. The van der Waals surface area contributed by atoms with Gasteiger partial charge in [0.2, 0.25) is 0 Å². The quantitative estimate of drug-likeness (QED) is 0.890. The zero-order valence-electron chi connectivity index (χ0n) is 8.92. The van der Waals surface area contributed by atoms with Crippen molar-refractivity contribution in [3.8, 4) is 0 Å². The van der Waals surface area contributed by atoms with E-state index in [0.717, 1.165) is 19.0 Å². The lowest BCUT2D eigenvalue weighted by atomic mass is 10.0. The van der Waals surface area contributed by atoms with E-state index in [2.05, 4.69) is 44.9 Å². The topological polar surface area (TPSA) is 24.1 Å². The van der Waals surface area contributed by atoms with Crippen LogP contribution < -0.4 is 10.6 Å². The lowest BCUT2D eigenvalue weighted by Gasteiger charge is -2.15. The van der Waals surface area contributed by atoms with Gasteiger partial charge in [0, 0.05) is 28.5 Å². The third-order valence-corrected chi connectivity index (χ3v) is 4.96. The Hall–Kier alpha value is 0.100. The summed E-state index contributed by atoms with van der Waals surface area (Å²) in [6, 6.07) is 2.77. The molecule has 2 heterocycles. The number of halogens is 1. The highest BCUT2D eigenvalue weighted by Gasteiger charge is 2.21. The highest BCUT2D eigenvalue weighted by Crippen LogP contribution is 2.22. The summed E-state index contributed by atoms with van der Waals surface area (Å²) in [6.45, 7) is 5.55. The molecular weight excluding hydrogens is 272 g/mol. The molecule has 2 unspecified atom stereocenters. The van der Waals surface area contributed by atoms with Crippen molar-refractivity contribution in [3.05, 3.63) is 20.8 Å². The van der Waals surface area contributed by atoms with Gasteiger partial charge in [0.1, 0.15) is 0 Å². The van der Waals surface area contributed by atoms with Crippen molar-refractivity contribution in [2.24, 2.45) is 5.92 Å². The van der Waals surface area contributed by atoms with Gasteiger partial charge in [-0.25, -0.2) is 0 Å². The number of nitrogens with one attached hydrogen (secondary N) is 2. The Bertz CT molecular complexity index is 313. The maximum Gasteiger partial charge on any atom is 0.0327 e. The van der Waals surface area contributed by atoms with Crippen LogP contribution in [0.25, 0.3) is 0 Å². The van der Waals surface area contributed by atoms with Crippen LogP contribution in [0.15, 0.2) is 15.9 Å². The van der Waals surface area contributed by atoms with Crippen molar-refractivity contribution in [1.82, 2.24) is 10.6 Å². The van der Waals surface area contributed by atoms with Crippen molar-refractivity contribution in [3.63, 3.8) is 0 Å². The number of thiophene rings is 1. The second-order valence-electron chi connectivity index (χ2n) is 4.15. The predicted octanol–water partition coefficient (Wildman–Crippen LogP) is 2.60. The summed E-state index contributed by atoms with van der Waals surface area (Å²) in [6.07, 6.45) is 1.31. The van der Waals surface area contributed by atoms with Crippen LogP contribution in [0, 0.1) is 5.92 Å². The molecule has 0 aromatic carbocycles. The van der Waals surface area contributed by atoms with Gasteiger partial charge in [-0.05, 0) is 46.3 Å². The smallest absolute Gasteiger partial charge is 0.0327 e. The molecule has 2 rings (SSSR count). The minimum atomic E-state index is 0.656. The first-order chi connectivity index (χ1) is 7.27. The Morgan fingerprint density at radius 2 is 2.53 bits per heavy atom. The van der Waals surface area contributed by atoms with E-state index < -0.39 is 0 Å². The van der Waals surface area contributed by atoms with E-state index in [-0.39, 0.29) is 0 Å². The Morgan fingerprint density at radius 1 is 1.67 bits per heavy atom. The minimum absolute atomic E-state index is 0.656. The van der Waals surface area contributed by atoms with E-state index in [0.29, 0.717) is 6.04 Å². The molecular formula is C11H17BrN2S. The van der Waals surface area contributed by atoms with Gasteiger partial charge < -0.3 is 10.6 Å². The van der Waals surface area contributed by atoms with Gasteiger partial charge in [-0.3, -0.25) is 0 Å². The summed E-state index contributed by atoms with van der Waals surface area (Å²) in [5, 5.41) is 9.17. The number of hydrogen-bond acceptors (Lipinski definition) is 3. The molecule has 1 aliphatic rings. The van der Waals surface area contributed by atoms with Gasteiger partial charge >= 0.3 is 0 Å². The molecule has 0 amide bonds. The summed E-state index contributed by atoms with van der Waals surface area (Å²) >= 11 is 5.35. The average Bonchev–Trinajstić information content (AvgIpc) is 2.78. The van der Waals surface area contributed by atoms with E-state index in [4.69, 9.17) is 0 Å². The average molecular weight is 289 g/mol. The summed E-state index contributed by atoms with van der Waals surface area (Å²) in [5.41, 5.74) is 0. The van der Waals surface area contributed by atoms with E-state index >= 15 is 0 Å². The first kappa shape index (κ1) is 11.6. The van der Waals surface area contributed by atoms with Gasteiger partial charge in [0.25, 0.3) is 0 Å². The van der Waals surface area contributed by atoms with Crippen molar-refractivity contribution in [2.45, 2.75) is 25.9 Å². The van der Waals surface area contributed by atoms with Crippen LogP contribution in [0.5, 0.6) is 0 Å². The molecule has 1 saturated heterocycles. The second kappa shape index (κ2) is 5.43. The lowest BCUT2D eigenvalue weighted by Crippen LogP contribution is -2.36. The SMILES string of the molecule is CC1CCNC1CNCc1sccc1Br. The molecule has 1 aromatic rings. The molecule has 2 nitrogen and oxygen atoms in total. The molecule has 0 saturated carbocycles. The van der Waals surface area contributed by atoms with Gasteiger partial charge in [0.05, 0.1) is 0 Å². The summed E-state index contributed by atoms with van der Waals surface area (Å²) in [5.74, 6) is 0.810. The van der Waals surface area contributed by atoms with Crippen LogP contribution in [-0.2, 0) is 6.54 Å². The largest absolute Gasteiger partial charge is 0.312 e. The molecule has 15 heavy (non-hydrogen) atoms. The van der Waals surface area contributed by atoms with Gasteiger partial charge in [0.15, 0.2) is 0 Å². The third-order valence-electron chi connectivity index (χ3n) is 3.03. The Labute approximate surface area is 104 Å². The standard InChI is InChI=1S/C11H17BrN2S/c1-8-2-4-14-10(8)6-13-7-11-9(12)3-5-15-11/h3,5,8,10,13-14H,2,4,6-7H2,1H3. The molecule has 0 aliphatic carbocycles. The fourth-order valence-corrected chi connectivity index (χ4v) is 3.43. The van der Waals surface area contributed by atoms with E-state index in [1.54, 1.807) is 11.3 Å². The second-order valence-corrected chi connectivity index (χ2v) is 6.00. The molecule has 4 heteroatoms. The fraction of sp³-hybridized carbons (Fsp3) is 0.636. The van der Waals surface area contributed by atoms with Gasteiger partial charge in [-0.15, -0.1) is 11.3 Å². The van der Waals surface area contributed by atoms with Gasteiger partial charge in [-0.1, -0.05) is 6.92 Å². The molecule has 0 bridgehead atoms. The fourth-order valence-electron chi connectivity index (χ4n) is 1.96. The van der Waals surface area contributed by atoms with Crippen LogP contribution in [-0.4, -0.2) is 19.1 Å². The first-order valence-corrected chi connectivity index (χ1v) is 7.10. The van der Waals surface area contributed by atoms with E-state index in [9.17, 15) is 0 Å². The Balaban J connectivity index is 1.73. The third kappa shape index (κ3) is 3.03. The normalized spacial score (nSPS) is 26.0. The Kier molecular flexibility index (Phi) is 4.20. The maximum absolute atomic E-state index is 3.55.